The molecule has 0 aromatic carbocycles. The molecule has 0 aromatic rings. The maximum Gasteiger partial charge on any atom is 0.472 e. The zero-order valence-electron chi connectivity index (χ0n) is 74.3. The van der Waals surface area contributed by atoms with Gasteiger partial charge in [0.1, 0.15) is 25.4 Å². The molecule has 0 heterocycles. The lowest BCUT2D eigenvalue weighted by Gasteiger charge is -2.21. The number of esters is 3. The normalized spacial score (nSPS) is 14.4. The first-order valence-electron chi connectivity index (χ1n) is 47.1. The molecule has 5 atom stereocenters. The molecule has 0 aliphatic heterocycles. The van der Waals surface area contributed by atoms with Crippen molar-refractivity contribution in [2.24, 2.45) is 0 Å². The van der Waals surface area contributed by atoms with Crippen molar-refractivity contribution in [3.05, 3.63) is 146 Å². The molecule has 0 radical (unpaired) electrons. The molecule has 0 saturated heterocycles. The minimum Gasteiger partial charge on any atom is -0.463 e. The number of phosphoric acid groups is 2. The molecule has 4 N–H and O–H groups in total. The lowest BCUT2D eigenvalue weighted by Crippen LogP contribution is -2.30. The molecule has 16 nitrogen and oxygen atoms in total. The van der Waals surface area contributed by atoms with Gasteiger partial charge >= 0.3 is 33.6 Å². The van der Waals surface area contributed by atoms with Crippen LogP contribution in [0.25, 0.3) is 0 Å². The zero-order valence-corrected chi connectivity index (χ0v) is 76.1. The Morgan fingerprint density at radius 3 is 0.718 bits per heavy atom. The number of carbonyl (C=O) groups excluding carboxylic acids is 3. The summed E-state index contributed by atoms with van der Waals surface area (Å²) in [5.74, 6) is -1.58. The van der Waals surface area contributed by atoms with Crippen molar-refractivity contribution in [2.75, 3.05) is 39.6 Å². The summed E-state index contributed by atoms with van der Waals surface area (Å²) >= 11 is 0. The molecule has 0 bridgehead atoms. The fraction of sp³-hybridized carbons (Fsp3) is 0.727. The van der Waals surface area contributed by atoms with Gasteiger partial charge in [-0.15, -0.1) is 0 Å². The predicted octanol–water partition coefficient (Wildman–Crippen LogP) is 29.1. The topological polar surface area (TPSA) is 231 Å². The van der Waals surface area contributed by atoms with E-state index in [1.807, 2.05) is 0 Å². The molecular weight excluding hydrogens is 1510 g/mol. The lowest BCUT2D eigenvalue weighted by atomic mass is 10.0. The van der Waals surface area contributed by atoms with Gasteiger partial charge in [0.15, 0.2) is 6.10 Å². The van der Waals surface area contributed by atoms with E-state index in [1.54, 1.807) is 0 Å². The monoisotopic (exact) mass is 1680 g/mol. The first-order valence-corrected chi connectivity index (χ1v) is 50.1. The average Bonchev–Trinajstić information content (AvgIpc) is 0.891. The predicted molar refractivity (Wildman–Crippen MR) is 491 cm³/mol. The van der Waals surface area contributed by atoms with Crippen molar-refractivity contribution in [3.8, 4) is 0 Å². The number of aliphatic hydroxyl groups is 2. The molecule has 18 heteroatoms. The maximum absolute atomic E-state index is 13.1. The van der Waals surface area contributed by atoms with E-state index in [9.17, 15) is 43.5 Å². The summed E-state index contributed by atoms with van der Waals surface area (Å²) in [4.78, 5) is 59.0. The third-order valence-electron chi connectivity index (χ3n) is 20.0. The van der Waals surface area contributed by atoms with Crippen LogP contribution in [-0.2, 0) is 55.8 Å². The highest BCUT2D eigenvalue weighted by Gasteiger charge is 2.30. The number of allylic oxidation sites excluding steroid dienone is 24. The van der Waals surface area contributed by atoms with Crippen molar-refractivity contribution in [1.82, 2.24) is 0 Å². The first kappa shape index (κ1) is 112. The molecular formula is C99H172O16P2. The number of carbonyl (C=O) groups is 3. The van der Waals surface area contributed by atoms with Crippen molar-refractivity contribution < 1.29 is 75.8 Å². The third-order valence-corrected chi connectivity index (χ3v) is 21.9. The average molecular weight is 1680 g/mol. The lowest BCUT2D eigenvalue weighted by molar-refractivity contribution is -0.161. The fourth-order valence-corrected chi connectivity index (χ4v) is 14.5. The number of hydrogen-bond acceptors (Lipinski definition) is 14. The second-order valence-corrected chi connectivity index (χ2v) is 34.3. The molecule has 117 heavy (non-hydrogen) atoms. The van der Waals surface area contributed by atoms with Crippen LogP contribution >= 0.6 is 15.6 Å². The van der Waals surface area contributed by atoms with E-state index >= 15 is 0 Å². The van der Waals surface area contributed by atoms with Gasteiger partial charge in [0.2, 0.25) is 0 Å². The largest absolute Gasteiger partial charge is 0.472 e. The summed E-state index contributed by atoms with van der Waals surface area (Å²) in [5.41, 5.74) is 0. The Labute approximate surface area is 715 Å². The summed E-state index contributed by atoms with van der Waals surface area (Å²) in [6.45, 7) is 2.56. The van der Waals surface area contributed by atoms with Gasteiger partial charge in [-0.1, -0.05) is 385 Å². The van der Waals surface area contributed by atoms with E-state index in [0.717, 1.165) is 148 Å². The summed E-state index contributed by atoms with van der Waals surface area (Å²) in [6.07, 6.45) is 115. The smallest absolute Gasteiger partial charge is 0.463 e. The number of unbranched alkanes of at least 4 members (excludes halogenated alkanes) is 42. The van der Waals surface area contributed by atoms with Gasteiger partial charge in [-0.05, 0) is 148 Å². The van der Waals surface area contributed by atoms with Crippen molar-refractivity contribution >= 4 is 33.6 Å². The highest BCUT2D eigenvalue weighted by molar-refractivity contribution is 7.47. The van der Waals surface area contributed by atoms with Crippen LogP contribution in [0.4, 0.5) is 0 Å². The third kappa shape index (κ3) is 92.0. The standard InChI is InChI=1S/C99H172O16P2/c1-4-7-10-13-16-19-22-25-28-31-34-36-38-40-42-44-46-48-50-52-54-56-59-61-64-67-70-73-76-79-82-85-97(102)109-88-94(100)89-111-116(105,106)112-90-95(101)91-113-117(107,108)114-93-96(115-99(104)87-84-81-78-75-72-69-66-63-58-33-30-27-24-21-18-15-12-9-6-3)92-110-98(103)86-83-80-77-74-71-68-65-62-60-57-55-53-51-49-47-45-43-41-39-37-35-32-29-26-23-20-17-14-11-8-5-2/h7,10,16-21,25-30,34-37,40-43,58,63,94-96,100-101H,4-6,8-9,11-15,22-24,31-33,38-39,44-57,59-62,64-93H2,1-3H3,(H,105,106)(H,107,108)/b10-7-,19-16-,20-17-,21-18-,28-25-,29-26-,30-27-,36-34-,37-35-,42-40-,43-41-,63-58-. The number of rotatable bonds is 89. The molecule has 0 aliphatic rings. The van der Waals surface area contributed by atoms with Crippen LogP contribution in [0.3, 0.4) is 0 Å². The highest BCUT2D eigenvalue weighted by Crippen LogP contribution is 2.45. The van der Waals surface area contributed by atoms with E-state index in [4.69, 9.17) is 32.3 Å². The Bertz CT molecular complexity index is 2710. The number of phosphoric ester groups is 2. The van der Waals surface area contributed by atoms with Crippen LogP contribution in [0.1, 0.15) is 406 Å². The van der Waals surface area contributed by atoms with Crippen LogP contribution in [0.15, 0.2) is 146 Å². The van der Waals surface area contributed by atoms with Crippen LogP contribution < -0.4 is 0 Å². The fourth-order valence-electron chi connectivity index (χ4n) is 12.9. The maximum atomic E-state index is 13.1. The number of ether oxygens (including phenoxy) is 3. The molecule has 5 unspecified atom stereocenters. The van der Waals surface area contributed by atoms with Gasteiger partial charge in [-0.25, -0.2) is 9.13 Å². The van der Waals surface area contributed by atoms with Gasteiger partial charge in [0.25, 0.3) is 0 Å². The SMILES string of the molecule is CC/C=C\C/C=C\C/C=C\C/C=C\C/C=C\CCCCCCCCCCCCCCCCCC(=O)OCC(O)COP(=O)(O)OCC(O)COP(=O)(O)OCC(COC(=O)CCCCCCCCCCCCCCCCC/C=C\C/C=C\C/C=C\C/C=C\CCCCC)OC(=O)CCCCCCCC/C=C\C/C=C\C/C=C\CCCCC. The van der Waals surface area contributed by atoms with Crippen molar-refractivity contribution in [3.63, 3.8) is 0 Å². The Balaban J connectivity index is 4.54. The van der Waals surface area contributed by atoms with Crippen LogP contribution in [0.5, 0.6) is 0 Å². The first-order chi connectivity index (χ1) is 57.2. The molecule has 0 saturated carbocycles. The van der Waals surface area contributed by atoms with Crippen molar-refractivity contribution in [1.29, 1.82) is 0 Å². The Morgan fingerprint density at radius 2 is 0.453 bits per heavy atom. The number of aliphatic hydroxyl groups excluding tert-OH is 2. The molecule has 0 aromatic heterocycles. The minimum absolute atomic E-state index is 0.0891. The minimum atomic E-state index is -4.94. The highest BCUT2D eigenvalue weighted by atomic mass is 31.2. The summed E-state index contributed by atoms with van der Waals surface area (Å²) < 4.78 is 61.5. The Hall–Kier alpha value is -4.57. The van der Waals surface area contributed by atoms with Crippen LogP contribution in [0.2, 0.25) is 0 Å². The van der Waals surface area contributed by atoms with E-state index in [2.05, 4.69) is 167 Å². The molecule has 0 rings (SSSR count). The number of hydrogen-bond donors (Lipinski definition) is 4. The van der Waals surface area contributed by atoms with Crippen LogP contribution in [0, 0.1) is 0 Å². The second kappa shape index (κ2) is 90.7. The van der Waals surface area contributed by atoms with Gasteiger partial charge in [-0.3, -0.25) is 32.5 Å². The summed E-state index contributed by atoms with van der Waals surface area (Å²) in [7, 11) is -9.81. The zero-order chi connectivity index (χ0) is 85.1. The quantitative estimate of drug-likeness (QED) is 0.0146. The van der Waals surface area contributed by atoms with E-state index in [-0.39, 0.29) is 19.3 Å². The van der Waals surface area contributed by atoms with Gasteiger partial charge in [0.05, 0.1) is 26.4 Å². The summed E-state index contributed by atoms with van der Waals surface area (Å²) in [5, 5.41) is 20.7. The Morgan fingerprint density at radius 1 is 0.248 bits per heavy atom. The Kier molecular flexibility index (Phi) is 87.1. The second-order valence-electron chi connectivity index (χ2n) is 31.4. The molecule has 0 fully saturated rings. The molecule has 0 spiro atoms. The van der Waals surface area contributed by atoms with Gasteiger partial charge in [-0.2, -0.15) is 0 Å². The molecule has 0 amide bonds. The summed E-state index contributed by atoms with van der Waals surface area (Å²) in [6, 6.07) is 0. The van der Waals surface area contributed by atoms with Crippen molar-refractivity contribution in [2.45, 2.75) is 424 Å². The molecule has 674 valence electrons. The molecule has 0 aliphatic carbocycles. The van der Waals surface area contributed by atoms with E-state index in [0.29, 0.717) is 19.3 Å². The van der Waals surface area contributed by atoms with Gasteiger partial charge in [0, 0.05) is 19.3 Å². The van der Waals surface area contributed by atoms with Gasteiger partial charge < -0.3 is 34.2 Å². The van der Waals surface area contributed by atoms with E-state index < -0.39 is 91.5 Å². The van der Waals surface area contributed by atoms with E-state index in [1.165, 1.54) is 199 Å². The van der Waals surface area contributed by atoms with Crippen LogP contribution in [-0.4, -0.2) is 95.9 Å².